The molecule has 0 saturated carbocycles. The molecule has 0 atom stereocenters. The van der Waals surface area contributed by atoms with Crippen LogP contribution in [0.5, 0.6) is 0 Å². The highest BCUT2D eigenvalue weighted by Crippen LogP contribution is 2.22. The molecule has 3 heteroatoms. The van der Waals surface area contributed by atoms with E-state index in [0.29, 0.717) is 0 Å². The Balaban J connectivity index is 2.05. The summed E-state index contributed by atoms with van der Waals surface area (Å²) < 4.78 is 1.25. The number of hydrogen-bond donors (Lipinski definition) is 0. The van der Waals surface area contributed by atoms with Gasteiger partial charge in [0, 0.05) is 17.9 Å². The predicted molar refractivity (Wildman–Crippen MR) is 55.3 cm³/mol. The summed E-state index contributed by atoms with van der Waals surface area (Å²) >= 11 is 3.70. The topological polar surface area (TPSA) is 12.4 Å². The van der Waals surface area contributed by atoms with Crippen LogP contribution in [-0.2, 0) is 0 Å². The second-order valence-corrected chi connectivity index (χ2v) is 4.45. The third-order valence-corrected chi connectivity index (χ3v) is 3.44. The fourth-order valence-electron chi connectivity index (χ4n) is 0.717. The third kappa shape index (κ3) is 3.74. The van der Waals surface area contributed by atoms with Crippen molar-refractivity contribution in [1.82, 2.24) is 0 Å². The van der Waals surface area contributed by atoms with Gasteiger partial charge in [0.05, 0.1) is 6.54 Å². The molecule has 0 N–H and O–H groups in total. The van der Waals surface area contributed by atoms with Gasteiger partial charge in [0.25, 0.3) is 0 Å². The van der Waals surface area contributed by atoms with Crippen molar-refractivity contribution in [2.45, 2.75) is 13.3 Å². The average Bonchev–Trinajstić information content (AvgIpc) is 2.50. The van der Waals surface area contributed by atoms with E-state index in [9.17, 15) is 0 Å². The lowest BCUT2D eigenvalue weighted by molar-refractivity contribution is 1.18. The van der Waals surface area contributed by atoms with Crippen LogP contribution in [0.25, 0.3) is 0 Å². The first-order valence-electron chi connectivity index (χ1n) is 3.63. The van der Waals surface area contributed by atoms with Crippen molar-refractivity contribution in [2.24, 2.45) is 4.99 Å². The maximum atomic E-state index is 4.33. The molecule has 1 heterocycles. The molecule has 1 nitrogen and oxygen atoms in total. The first kappa shape index (κ1) is 9.02. The van der Waals surface area contributed by atoms with Crippen LogP contribution in [0.3, 0.4) is 0 Å². The van der Waals surface area contributed by atoms with Crippen LogP contribution in [0.1, 0.15) is 13.3 Å². The lowest BCUT2D eigenvalue weighted by Gasteiger charge is -1.93. The highest BCUT2D eigenvalue weighted by Gasteiger charge is 2.05. The van der Waals surface area contributed by atoms with Crippen molar-refractivity contribution in [2.75, 3.05) is 18.1 Å². The van der Waals surface area contributed by atoms with Crippen LogP contribution < -0.4 is 0 Å². The van der Waals surface area contributed by atoms with Gasteiger partial charge in [0.2, 0.25) is 0 Å². The molecule has 11 heavy (non-hydrogen) atoms. The molecule has 0 amide bonds. The predicted octanol–water partition coefficient (Wildman–Crippen LogP) is 2.24. The lowest BCUT2D eigenvalue weighted by atomic mass is 10.5. The zero-order chi connectivity index (χ0) is 7.94. The second-order valence-electron chi connectivity index (χ2n) is 2.02. The number of hydrogen-bond acceptors (Lipinski definition) is 3. The van der Waals surface area contributed by atoms with Crippen LogP contribution >= 0.6 is 23.5 Å². The fraction of sp³-hybridized carbons (Fsp3) is 0.625. The Hall–Kier alpha value is -0.0700. The van der Waals surface area contributed by atoms with E-state index in [0.717, 1.165) is 18.7 Å². The minimum atomic E-state index is 0.987. The van der Waals surface area contributed by atoms with Crippen molar-refractivity contribution >= 4 is 27.9 Å². The minimum Gasteiger partial charge on any atom is -0.271 e. The zero-order valence-electron chi connectivity index (χ0n) is 6.59. The number of aliphatic imine (C=N–C) groups is 1. The molecule has 0 bridgehead atoms. The van der Waals surface area contributed by atoms with Crippen molar-refractivity contribution in [3.8, 4) is 11.8 Å². The highest BCUT2D eigenvalue weighted by molar-refractivity contribution is 8.39. The summed E-state index contributed by atoms with van der Waals surface area (Å²) in [6.07, 6.45) is 0.987. The van der Waals surface area contributed by atoms with Crippen LogP contribution in [0, 0.1) is 11.8 Å². The summed E-state index contributed by atoms with van der Waals surface area (Å²) in [7, 11) is 0. The molecule has 0 aliphatic carbocycles. The molecule has 0 saturated heterocycles. The monoisotopic (exact) mass is 185 g/mol. The summed E-state index contributed by atoms with van der Waals surface area (Å²) in [6.45, 7) is 2.89. The van der Waals surface area contributed by atoms with Gasteiger partial charge in [0.15, 0.2) is 0 Å². The van der Waals surface area contributed by atoms with Crippen molar-refractivity contribution in [1.29, 1.82) is 0 Å². The number of nitrogens with zero attached hydrogens (tertiary/aromatic N) is 1. The molecule has 1 aliphatic rings. The van der Waals surface area contributed by atoms with E-state index in [2.05, 4.69) is 16.8 Å². The Kier molecular flexibility index (Phi) is 4.56. The standard InChI is InChI=1S/C8H11NS2/c1-2-3-4-6-10-8-9-5-7-11-8/h4-7H2,1H3. The van der Waals surface area contributed by atoms with E-state index >= 15 is 0 Å². The summed E-state index contributed by atoms with van der Waals surface area (Å²) in [5, 5.41) is 0. The van der Waals surface area contributed by atoms with Gasteiger partial charge in [-0.3, -0.25) is 4.99 Å². The van der Waals surface area contributed by atoms with Gasteiger partial charge in [-0.2, -0.15) is 0 Å². The van der Waals surface area contributed by atoms with E-state index in [1.165, 1.54) is 10.1 Å². The van der Waals surface area contributed by atoms with Gasteiger partial charge >= 0.3 is 0 Å². The van der Waals surface area contributed by atoms with Crippen molar-refractivity contribution < 1.29 is 0 Å². The first-order chi connectivity index (χ1) is 5.43. The molecule has 0 fully saturated rings. The van der Waals surface area contributed by atoms with E-state index in [1.807, 2.05) is 30.4 Å². The molecular formula is C8H11NS2. The van der Waals surface area contributed by atoms with Gasteiger partial charge in [-0.05, 0) is 6.92 Å². The van der Waals surface area contributed by atoms with Gasteiger partial charge < -0.3 is 0 Å². The smallest absolute Gasteiger partial charge is 0.124 e. The maximum Gasteiger partial charge on any atom is 0.124 e. The molecule has 60 valence electrons. The van der Waals surface area contributed by atoms with Crippen LogP contribution in [0.4, 0.5) is 0 Å². The van der Waals surface area contributed by atoms with Crippen LogP contribution in [0.15, 0.2) is 4.99 Å². The summed E-state index contributed by atoms with van der Waals surface area (Å²) in [6, 6.07) is 0. The molecule has 1 aliphatic heterocycles. The molecule has 0 aromatic heterocycles. The number of rotatable bonds is 2. The first-order valence-corrected chi connectivity index (χ1v) is 5.60. The van der Waals surface area contributed by atoms with Gasteiger partial charge in [-0.15, -0.1) is 11.8 Å². The Morgan fingerprint density at radius 1 is 1.73 bits per heavy atom. The molecule has 0 spiro atoms. The molecule has 0 aromatic rings. The number of thioether (sulfide) groups is 2. The summed E-state index contributed by atoms with van der Waals surface area (Å²) in [4.78, 5) is 4.33. The third-order valence-electron chi connectivity index (χ3n) is 1.19. The summed E-state index contributed by atoms with van der Waals surface area (Å²) in [5.74, 6) is 8.18. The molecule has 0 radical (unpaired) electrons. The van der Waals surface area contributed by atoms with Crippen LogP contribution in [0.2, 0.25) is 0 Å². The minimum absolute atomic E-state index is 0.987. The van der Waals surface area contributed by atoms with E-state index in [-0.39, 0.29) is 0 Å². The fourth-order valence-corrected chi connectivity index (χ4v) is 2.65. The quantitative estimate of drug-likeness (QED) is 0.483. The SMILES string of the molecule is CC#CCCSC1=NCCS1. The largest absolute Gasteiger partial charge is 0.271 e. The zero-order valence-corrected chi connectivity index (χ0v) is 8.23. The second kappa shape index (κ2) is 5.56. The normalized spacial score (nSPS) is 15.5. The van der Waals surface area contributed by atoms with E-state index in [4.69, 9.17) is 0 Å². The van der Waals surface area contributed by atoms with Crippen molar-refractivity contribution in [3.63, 3.8) is 0 Å². The summed E-state index contributed by atoms with van der Waals surface area (Å²) in [5.41, 5.74) is 0. The maximum absolute atomic E-state index is 4.33. The Labute approximate surface area is 76.4 Å². The van der Waals surface area contributed by atoms with Gasteiger partial charge in [0.1, 0.15) is 4.38 Å². The highest BCUT2D eigenvalue weighted by atomic mass is 32.2. The Morgan fingerprint density at radius 3 is 3.27 bits per heavy atom. The van der Waals surface area contributed by atoms with Crippen LogP contribution in [-0.4, -0.2) is 22.4 Å². The van der Waals surface area contributed by atoms with E-state index in [1.54, 1.807) is 0 Å². The molecule has 0 unspecified atom stereocenters. The van der Waals surface area contributed by atoms with E-state index < -0.39 is 0 Å². The average molecular weight is 185 g/mol. The molecular weight excluding hydrogens is 174 g/mol. The van der Waals surface area contributed by atoms with Gasteiger partial charge in [-0.25, -0.2) is 0 Å². The lowest BCUT2D eigenvalue weighted by Crippen LogP contribution is -1.82. The Bertz CT molecular complexity index is 200. The van der Waals surface area contributed by atoms with Crippen molar-refractivity contribution in [3.05, 3.63) is 0 Å². The molecule has 0 aromatic carbocycles. The van der Waals surface area contributed by atoms with Gasteiger partial charge in [-0.1, -0.05) is 23.5 Å². The Morgan fingerprint density at radius 2 is 2.64 bits per heavy atom. The molecule has 1 rings (SSSR count).